The van der Waals surface area contributed by atoms with Crippen LogP contribution >= 0.6 is 0 Å². The summed E-state index contributed by atoms with van der Waals surface area (Å²) in [4.78, 5) is 0. The third-order valence-electron chi connectivity index (χ3n) is 3.57. The molecule has 1 nitrogen and oxygen atoms in total. The molecule has 0 bridgehead atoms. The molecule has 2 aliphatic rings. The Bertz CT molecular complexity index is 227. The van der Waals surface area contributed by atoms with Gasteiger partial charge in [0.05, 0.1) is 0 Å². The van der Waals surface area contributed by atoms with Crippen LogP contribution in [0.3, 0.4) is 0 Å². The van der Waals surface area contributed by atoms with Gasteiger partial charge in [-0.25, -0.2) is 0 Å². The first kappa shape index (κ1) is 10.5. The predicted octanol–water partition coefficient (Wildman–Crippen LogP) is 2.73. The highest BCUT2D eigenvalue weighted by atomic mass is 16.0. The van der Waals surface area contributed by atoms with E-state index >= 15 is 0 Å². The molecule has 0 aliphatic heterocycles. The molecular weight excluding hydrogens is 160 g/mol. The van der Waals surface area contributed by atoms with Gasteiger partial charge in [0.15, 0.2) is 0 Å². The van der Waals surface area contributed by atoms with Gasteiger partial charge < -0.3 is 5.48 Å². The minimum absolute atomic E-state index is 0. The standard InChI is InChI=1S/C12H18.H2O/c1-9-5-3-8-12-10(2)6-4-7-11(9)12;/h3,5,8,10-12H,4,6-7H2,1-2H3;1H2/t10?,11?,12-;/m0./s1. The number of allylic oxidation sites excluding steroid dienone is 4. The van der Waals surface area contributed by atoms with E-state index in [4.69, 9.17) is 0 Å². The van der Waals surface area contributed by atoms with Gasteiger partial charge in [-0.1, -0.05) is 43.6 Å². The van der Waals surface area contributed by atoms with Crippen LogP contribution in [0.15, 0.2) is 23.8 Å². The zero-order valence-corrected chi connectivity index (χ0v) is 8.59. The van der Waals surface area contributed by atoms with Crippen LogP contribution in [0.5, 0.6) is 0 Å². The fourth-order valence-electron chi connectivity index (χ4n) is 2.76. The highest BCUT2D eigenvalue weighted by molar-refractivity contribution is 5.22. The third kappa shape index (κ3) is 1.86. The van der Waals surface area contributed by atoms with Crippen molar-refractivity contribution >= 4 is 0 Å². The first-order valence-corrected chi connectivity index (χ1v) is 5.14. The Morgan fingerprint density at radius 2 is 2.08 bits per heavy atom. The average molecular weight is 180 g/mol. The van der Waals surface area contributed by atoms with Crippen molar-refractivity contribution in [2.45, 2.75) is 33.1 Å². The molecule has 0 aromatic heterocycles. The fourth-order valence-corrected chi connectivity index (χ4v) is 2.76. The molecule has 0 saturated heterocycles. The van der Waals surface area contributed by atoms with Crippen LogP contribution < -0.4 is 0 Å². The smallest absolute Gasteiger partial charge is 0.0137 e. The lowest BCUT2D eigenvalue weighted by atomic mass is 9.68. The van der Waals surface area contributed by atoms with Crippen molar-refractivity contribution in [3.63, 3.8) is 0 Å². The van der Waals surface area contributed by atoms with Crippen LogP contribution in [0.2, 0.25) is 0 Å². The Morgan fingerprint density at radius 3 is 2.77 bits per heavy atom. The summed E-state index contributed by atoms with van der Waals surface area (Å²) >= 11 is 0. The Kier molecular flexibility index (Phi) is 3.32. The van der Waals surface area contributed by atoms with Gasteiger partial charge in [0.25, 0.3) is 0 Å². The molecule has 2 rings (SSSR count). The molecule has 3 atom stereocenters. The van der Waals surface area contributed by atoms with E-state index in [0.717, 1.165) is 17.8 Å². The second-order valence-corrected chi connectivity index (χ2v) is 4.39. The topological polar surface area (TPSA) is 31.5 Å². The van der Waals surface area contributed by atoms with Gasteiger partial charge in [-0.05, 0) is 31.1 Å². The van der Waals surface area contributed by atoms with Gasteiger partial charge in [-0.2, -0.15) is 0 Å². The van der Waals surface area contributed by atoms with Crippen molar-refractivity contribution in [3.8, 4) is 0 Å². The SMILES string of the molecule is CC1=CC=C[C@H]2C(C)CCCC12.O. The van der Waals surface area contributed by atoms with Gasteiger partial charge in [0.2, 0.25) is 0 Å². The quantitative estimate of drug-likeness (QED) is 0.549. The maximum absolute atomic E-state index is 2.42. The summed E-state index contributed by atoms with van der Waals surface area (Å²) in [5.41, 5.74) is 1.61. The van der Waals surface area contributed by atoms with Gasteiger partial charge in [-0.3, -0.25) is 0 Å². The highest BCUT2D eigenvalue weighted by Crippen LogP contribution is 2.41. The first-order chi connectivity index (χ1) is 5.79. The number of fused-ring (bicyclic) bond motifs is 1. The molecule has 1 saturated carbocycles. The predicted molar refractivity (Wildman–Crippen MR) is 56.5 cm³/mol. The van der Waals surface area contributed by atoms with Crippen LogP contribution in [0.1, 0.15) is 33.1 Å². The zero-order chi connectivity index (χ0) is 8.55. The summed E-state index contributed by atoms with van der Waals surface area (Å²) in [6.45, 7) is 4.69. The van der Waals surface area contributed by atoms with Crippen LogP contribution in [0, 0.1) is 17.8 Å². The Balaban J connectivity index is 0.000000845. The number of rotatable bonds is 0. The van der Waals surface area contributed by atoms with Gasteiger partial charge >= 0.3 is 0 Å². The number of hydrogen-bond acceptors (Lipinski definition) is 0. The van der Waals surface area contributed by atoms with Crippen LogP contribution in [0.25, 0.3) is 0 Å². The third-order valence-corrected chi connectivity index (χ3v) is 3.57. The fraction of sp³-hybridized carbons (Fsp3) is 0.667. The van der Waals surface area contributed by atoms with E-state index in [9.17, 15) is 0 Å². The monoisotopic (exact) mass is 180 g/mol. The van der Waals surface area contributed by atoms with E-state index < -0.39 is 0 Å². The largest absolute Gasteiger partial charge is 0.412 e. The lowest BCUT2D eigenvalue weighted by molar-refractivity contribution is 0.235. The van der Waals surface area contributed by atoms with Crippen molar-refractivity contribution in [1.29, 1.82) is 0 Å². The molecule has 0 radical (unpaired) electrons. The molecule has 2 unspecified atom stereocenters. The van der Waals surface area contributed by atoms with Crippen molar-refractivity contribution in [1.82, 2.24) is 0 Å². The highest BCUT2D eigenvalue weighted by Gasteiger charge is 2.30. The van der Waals surface area contributed by atoms with Crippen molar-refractivity contribution in [2.24, 2.45) is 17.8 Å². The Hall–Kier alpha value is -0.560. The van der Waals surface area contributed by atoms with Gasteiger partial charge in [0, 0.05) is 0 Å². The summed E-state index contributed by atoms with van der Waals surface area (Å²) in [6, 6.07) is 0. The maximum Gasteiger partial charge on any atom is -0.0137 e. The first-order valence-electron chi connectivity index (χ1n) is 5.14. The summed E-state index contributed by atoms with van der Waals surface area (Å²) < 4.78 is 0. The van der Waals surface area contributed by atoms with E-state index in [-0.39, 0.29) is 5.48 Å². The molecule has 0 heterocycles. The van der Waals surface area contributed by atoms with Crippen molar-refractivity contribution in [3.05, 3.63) is 23.8 Å². The van der Waals surface area contributed by atoms with E-state index in [0.29, 0.717) is 0 Å². The van der Waals surface area contributed by atoms with E-state index in [1.165, 1.54) is 19.3 Å². The molecule has 1 heteroatoms. The second kappa shape index (κ2) is 4.10. The molecule has 2 N–H and O–H groups in total. The van der Waals surface area contributed by atoms with E-state index in [1.807, 2.05) is 0 Å². The molecule has 0 amide bonds. The van der Waals surface area contributed by atoms with Gasteiger partial charge in [-0.15, -0.1) is 0 Å². The van der Waals surface area contributed by atoms with E-state index in [1.54, 1.807) is 5.57 Å². The molecular formula is C12H20O. The van der Waals surface area contributed by atoms with Crippen LogP contribution in [-0.4, -0.2) is 5.48 Å². The summed E-state index contributed by atoms with van der Waals surface area (Å²) in [5, 5.41) is 0. The molecule has 2 aliphatic carbocycles. The molecule has 1 fully saturated rings. The Labute approximate surface area is 80.8 Å². The maximum atomic E-state index is 2.42. The van der Waals surface area contributed by atoms with E-state index in [2.05, 4.69) is 32.1 Å². The minimum Gasteiger partial charge on any atom is -0.412 e. The van der Waals surface area contributed by atoms with Gasteiger partial charge in [0.1, 0.15) is 0 Å². The summed E-state index contributed by atoms with van der Waals surface area (Å²) in [6.07, 6.45) is 11.2. The second-order valence-electron chi connectivity index (χ2n) is 4.39. The summed E-state index contributed by atoms with van der Waals surface area (Å²) in [5.74, 6) is 2.63. The zero-order valence-electron chi connectivity index (χ0n) is 8.59. The van der Waals surface area contributed by atoms with Crippen LogP contribution in [0.4, 0.5) is 0 Å². The molecule has 0 aromatic rings. The molecule has 74 valence electrons. The lowest BCUT2D eigenvalue weighted by Crippen LogP contribution is -2.27. The number of hydrogen-bond donors (Lipinski definition) is 0. The lowest BCUT2D eigenvalue weighted by Gasteiger charge is -2.37. The van der Waals surface area contributed by atoms with Crippen molar-refractivity contribution in [2.75, 3.05) is 0 Å². The Morgan fingerprint density at radius 1 is 1.31 bits per heavy atom. The normalized spacial score (nSPS) is 37.4. The van der Waals surface area contributed by atoms with Crippen LogP contribution in [-0.2, 0) is 0 Å². The summed E-state index contributed by atoms with van der Waals surface area (Å²) in [7, 11) is 0. The molecule has 0 spiro atoms. The molecule has 13 heavy (non-hydrogen) atoms. The van der Waals surface area contributed by atoms with Crippen molar-refractivity contribution < 1.29 is 5.48 Å². The molecule has 0 aromatic carbocycles. The minimum atomic E-state index is 0. The average Bonchev–Trinajstić information content (AvgIpc) is 2.07.